The summed E-state index contributed by atoms with van der Waals surface area (Å²) in [4.78, 5) is 36.5. The number of carboxylic acid groups (broad SMARTS) is 1. The predicted molar refractivity (Wildman–Crippen MR) is 127 cm³/mol. The van der Waals surface area contributed by atoms with Gasteiger partial charge in [0, 0.05) is 28.7 Å². The number of carbonyl (C=O) groups excluding carboxylic acids is 2. The highest BCUT2D eigenvalue weighted by molar-refractivity contribution is 6.00. The number of ether oxygens (including phenoxy) is 2. The Bertz CT molecular complexity index is 1560. The maximum atomic E-state index is 12.8. The van der Waals surface area contributed by atoms with E-state index in [2.05, 4.69) is 4.74 Å². The lowest BCUT2D eigenvalue weighted by atomic mass is 10.1. The lowest BCUT2D eigenvalue weighted by Crippen LogP contribution is -2.26. The van der Waals surface area contributed by atoms with Gasteiger partial charge in [0.05, 0.1) is 17.5 Å². The topological polar surface area (TPSA) is 126 Å². The number of hydrogen-bond acceptors (Lipinski definition) is 5. The number of halogens is 3. The molecule has 2 heterocycles. The van der Waals surface area contributed by atoms with Gasteiger partial charge in [0.25, 0.3) is 5.91 Å². The highest BCUT2D eigenvalue weighted by atomic mass is 19.4. The largest absolute Gasteiger partial charge is 0.573 e. The third-order valence-electron chi connectivity index (χ3n) is 5.32. The van der Waals surface area contributed by atoms with Gasteiger partial charge in [0.15, 0.2) is 0 Å². The van der Waals surface area contributed by atoms with Crippen LogP contribution in [0.4, 0.5) is 18.0 Å². The Morgan fingerprint density at radius 2 is 1.70 bits per heavy atom. The number of primary amides is 1. The zero-order chi connectivity index (χ0) is 27.3. The summed E-state index contributed by atoms with van der Waals surface area (Å²) in [5, 5.41) is 10.2. The lowest BCUT2D eigenvalue weighted by molar-refractivity contribution is -0.274. The summed E-state index contributed by atoms with van der Waals surface area (Å²) in [5.41, 5.74) is 5.84. The SMILES string of the molecule is CC(C)(C)OC(=O)n1cc(CC(=O)O)c2cc(-n3c(C(N)=O)cc4ccc(OC(F)(F)F)cc43)ccc21. The molecular formula is C25H22F3N3O6. The number of carboxylic acids is 1. The second kappa shape index (κ2) is 8.87. The van der Waals surface area contributed by atoms with Crippen molar-refractivity contribution in [1.29, 1.82) is 0 Å². The van der Waals surface area contributed by atoms with Gasteiger partial charge in [-0.3, -0.25) is 14.2 Å². The third kappa shape index (κ3) is 5.37. The molecule has 4 aromatic rings. The molecule has 0 saturated heterocycles. The van der Waals surface area contributed by atoms with E-state index in [-0.39, 0.29) is 16.8 Å². The van der Waals surface area contributed by atoms with Gasteiger partial charge in [-0.2, -0.15) is 0 Å². The monoisotopic (exact) mass is 517 g/mol. The summed E-state index contributed by atoms with van der Waals surface area (Å²) in [5.74, 6) is -2.49. The van der Waals surface area contributed by atoms with Gasteiger partial charge in [-0.25, -0.2) is 4.79 Å². The van der Waals surface area contributed by atoms with Gasteiger partial charge in [-0.15, -0.1) is 13.2 Å². The lowest BCUT2D eigenvalue weighted by Gasteiger charge is -2.19. The Morgan fingerprint density at radius 1 is 1.00 bits per heavy atom. The van der Waals surface area contributed by atoms with Crippen molar-refractivity contribution in [3.8, 4) is 11.4 Å². The minimum atomic E-state index is -4.92. The molecule has 0 aliphatic carbocycles. The minimum absolute atomic E-state index is 0.0233. The average molecular weight is 517 g/mol. The van der Waals surface area contributed by atoms with Crippen molar-refractivity contribution in [3.63, 3.8) is 0 Å². The predicted octanol–water partition coefficient (Wildman–Crippen LogP) is 4.99. The summed E-state index contributed by atoms with van der Waals surface area (Å²) in [6.45, 7) is 5.06. The molecule has 9 nitrogen and oxygen atoms in total. The van der Waals surface area contributed by atoms with E-state index in [4.69, 9.17) is 10.5 Å². The Morgan fingerprint density at radius 3 is 2.30 bits per heavy atom. The van der Waals surface area contributed by atoms with Crippen LogP contribution in [0.25, 0.3) is 27.5 Å². The quantitative estimate of drug-likeness (QED) is 0.384. The molecule has 0 radical (unpaired) electrons. The van der Waals surface area contributed by atoms with Gasteiger partial charge in [-0.05, 0) is 62.7 Å². The maximum Gasteiger partial charge on any atom is 0.573 e. The smallest absolute Gasteiger partial charge is 0.481 e. The number of rotatable bonds is 5. The number of benzene rings is 2. The fourth-order valence-electron chi connectivity index (χ4n) is 4.03. The normalized spacial score (nSPS) is 12.2. The standard InChI is InChI=1S/C25H22F3N3O6/c1-24(2,3)37-23(35)30-12-14(9-21(32)33)17-10-15(5-7-18(17)30)31-19-11-16(36-25(26,27)28)6-4-13(19)8-20(31)22(29)34/h4-8,10-12H,9H2,1-3H3,(H2,29,34)(H,32,33). The van der Waals surface area contributed by atoms with Crippen molar-refractivity contribution in [2.45, 2.75) is 39.2 Å². The fourth-order valence-corrected chi connectivity index (χ4v) is 4.03. The molecule has 0 spiro atoms. The van der Waals surface area contributed by atoms with E-state index in [0.717, 1.165) is 12.1 Å². The van der Waals surface area contributed by atoms with Gasteiger partial charge in [-0.1, -0.05) is 0 Å². The van der Waals surface area contributed by atoms with E-state index in [0.29, 0.717) is 22.0 Å². The highest BCUT2D eigenvalue weighted by Crippen LogP contribution is 2.33. The molecule has 12 heteroatoms. The zero-order valence-corrected chi connectivity index (χ0v) is 19.9. The molecule has 0 unspecified atom stereocenters. The van der Waals surface area contributed by atoms with E-state index in [1.807, 2.05) is 0 Å². The fraction of sp³-hybridized carbons (Fsp3) is 0.240. The molecule has 194 valence electrons. The van der Waals surface area contributed by atoms with Crippen LogP contribution >= 0.6 is 0 Å². The Balaban J connectivity index is 1.94. The summed E-state index contributed by atoms with van der Waals surface area (Å²) >= 11 is 0. The first kappa shape index (κ1) is 25.6. The van der Waals surface area contributed by atoms with E-state index in [9.17, 15) is 32.7 Å². The second-order valence-corrected chi connectivity index (χ2v) is 9.27. The Kier molecular flexibility index (Phi) is 6.14. The second-order valence-electron chi connectivity index (χ2n) is 9.27. The maximum absolute atomic E-state index is 12.8. The summed E-state index contributed by atoms with van der Waals surface area (Å²) in [6, 6.07) is 9.57. The Hall–Kier alpha value is -4.48. The van der Waals surface area contributed by atoms with Crippen molar-refractivity contribution < 1.29 is 42.1 Å². The molecule has 0 fully saturated rings. The number of nitrogens with two attached hydrogens (primary N) is 1. The number of nitrogens with zero attached hydrogens (tertiary/aromatic N) is 2. The van der Waals surface area contributed by atoms with E-state index in [1.54, 1.807) is 20.8 Å². The molecule has 0 aliphatic heterocycles. The van der Waals surface area contributed by atoms with Crippen molar-refractivity contribution >= 4 is 39.8 Å². The number of fused-ring (bicyclic) bond motifs is 2. The van der Waals surface area contributed by atoms with Crippen LogP contribution < -0.4 is 10.5 Å². The Labute approximate surface area is 207 Å². The minimum Gasteiger partial charge on any atom is -0.481 e. The number of aliphatic carboxylic acids is 1. The molecule has 0 bridgehead atoms. The van der Waals surface area contributed by atoms with Crippen molar-refractivity contribution in [3.05, 3.63) is 59.9 Å². The first-order valence-corrected chi connectivity index (χ1v) is 10.9. The number of carbonyl (C=O) groups is 3. The van der Waals surface area contributed by atoms with Gasteiger partial charge >= 0.3 is 18.4 Å². The molecule has 0 aliphatic rings. The van der Waals surface area contributed by atoms with Crippen LogP contribution in [0.1, 0.15) is 36.8 Å². The van der Waals surface area contributed by atoms with Crippen LogP contribution in [-0.4, -0.2) is 44.2 Å². The molecule has 2 aromatic carbocycles. The molecule has 0 saturated carbocycles. The molecule has 37 heavy (non-hydrogen) atoms. The van der Waals surface area contributed by atoms with Crippen molar-refractivity contribution in [2.75, 3.05) is 0 Å². The van der Waals surface area contributed by atoms with Crippen molar-refractivity contribution in [1.82, 2.24) is 9.13 Å². The van der Waals surface area contributed by atoms with Crippen LogP contribution in [0, 0.1) is 0 Å². The summed E-state index contributed by atoms with van der Waals surface area (Å²) < 4.78 is 50.4. The van der Waals surface area contributed by atoms with Gasteiger partial charge in [0.1, 0.15) is 17.0 Å². The van der Waals surface area contributed by atoms with E-state index >= 15 is 0 Å². The van der Waals surface area contributed by atoms with Crippen LogP contribution in [0.15, 0.2) is 48.7 Å². The van der Waals surface area contributed by atoms with Crippen LogP contribution in [-0.2, 0) is 16.0 Å². The highest BCUT2D eigenvalue weighted by Gasteiger charge is 2.31. The molecular weight excluding hydrogens is 495 g/mol. The van der Waals surface area contributed by atoms with Crippen LogP contribution in [0.2, 0.25) is 0 Å². The third-order valence-corrected chi connectivity index (χ3v) is 5.32. The van der Waals surface area contributed by atoms with E-state index < -0.39 is 42.1 Å². The molecule has 4 rings (SSSR count). The average Bonchev–Trinajstić information content (AvgIpc) is 3.29. The molecule has 0 atom stereocenters. The molecule has 3 N–H and O–H groups in total. The summed E-state index contributed by atoms with van der Waals surface area (Å²) in [7, 11) is 0. The number of alkyl halides is 3. The van der Waals surface area contributed by atoms with Crippen molar-refractivity contribution in [2.24, 2.45) is 5.73 Å². The zero-order valence-electron chi connectivity index (χ0n) is 19.9. The van der Waals surface area contributed by atoms with Gasteiger partial charge < -0.3 is 24.9 Å². The summed E-state index contributed by atoms with van der Waals surface area (Å²) in [6.07, 6.45) is -4.71. The van der Waals surface area contributed by atoms with Crippen LogP contribution in [0.5, 0.6) is 5.75 Å². The first-order valence-electron chi connectivity index (χ1n) is 10.9. The number of aromatic nitrogens is 2. The number of amides is 1. The van der Waals surface area contributed by atoms with Crippen LogP contribution in [0.3, 0.4) is 0 Å². The number of hydrogen-bond donors (Lipinski definition) is 2. The van der Waals surface area contributed by atoms with Gasteiger partial charge in [0.2, 0.25) is 0 Å². The molecule has 1 amide bonds. The van der Waals surface area contributed by atoms with E-state index in [1.165, 1.54) is 45.7 Å². The molecule has 2 aromatic heterocycles. The first-order chi connectivity index (χ1) is 17.1.